The summed E-state index contributed by atoms with van der Waals surface area (Å²) in [6.07, 6.45) is 3.46. The standard InChI is InChI=1S/C12H23N3O/c1-2-5-15-6-3-11(4-7-15)14-12(16)10-8-13-9-10/h10-11,13H,2-9H2,1H3,(H,14,16). The van der Waals surface area contributed by atoms with Crippen molar-refractivity contribution in [1.29, 1.82) is 0 Å². The molecule has 2 heterocycles. The number of hydrogen-bond acceptors (Lipinski definition) is 3. The molecule has 0 bridgehead atoms. The van der Waals surface area contributed by atoms with E-state index in [-0.39, 0.29) is 11.8 Å². The van der Waals surface area contributed by atoms with Crippen molar-refractivity contribution in [3.63, 3.8) is 0 Å². The molecule has 16 heavy (non-hydrogen) atoms. The van der Waals surface area contributed by atoms with E-state index in [2.05, 4.69) is 22.5 Å². The Hall–Kier alpha value is -0.610. The second-order valence-corrected chi connectivity index (χ2v) is 4.98. The molecule has 1 amide bonds. The van der Waals surface area contributed by atoms with Crippen LogP contribution >= 0.6 is 0 Å². The number of piperidine rings is 1. The van der Waals surface area contributed by atoms with Crippen LogP contribution in [0.3, 0.4) is 0 Å². The molecular formula is C12H23N3O. The SMILES string of the molecule is CCCN1CCC(NC(=O)C2CNC2)CC1. The van der Waals surface area contributed by atoms with E-state index in [9.17, 15) is 4.79 Å². The molecule has 4 heteroatoms. The van der Waals surface area contributed by atoms with E-state index in [0.29, 0.717) is 6.04 Å². The molecule has 4 nitrogen and oxygen atoms in total. The van der Waals surface area contributed by atoms with Gasteiger partial charge in [0.15, 0.2) is 0 Å². The molecule has 0 saturated carbocycles. The fraction of sp³-hybridized carbons (Fsp3) is 0.917. The molecule has 0 aromatic rings. The summed E-state index contributed by atoms with van der Waals surface area (Å²) in [7, 11) is 0. The molecule has 0 aromatic heterocycles. The highest BCUT2D eigenvalue weighted by molar-refractivity contribution is 5.80. The zero-order valence-corrected chi connectivity index (χ0v) is 10.2. The molecule has 0 atom stereocenters. The predicted molar refractivity (Wildman–Crippen MR) is 64.3 cm³/mol. The molecule has 2 fully saturated rings. The molecule has 2 aliphatic rings. The van der Waals surface area contributed by atoms with Gasteiger partial charge < -0.3 is 15.5 Å². The summed E-state index contributed by atoms with van der Waals surface area (Å²) in [6, 6.07) is 0.418. The first-order chi connectivity index (χ1) is 7.79. The Morgan fingerprint density at radius 2 is 2.06 bits per heavy atom. The lowest BCUT2D eigenvalue weighted by Gasteiger charge is -2.34. The summed E-state index contributed by atoms with van der Waals surface area (Å²) < 4.78 is 0. The van der Waals surface area contributed by atoms with Gasteiger partial charge in [0, 0.05) is 32.2 Å². The van der Waals surface area contributed by atoms with Gasteiger partial charge in [-0.1, -0.05) is 6.92 Å². The van der Waals surface area contributed by atoms with Crippen LogP contribution in [-0.4, -0.2) is 49.6 Å². The normalized spacial score (nSPS) is 24.1. The Morgan fingerprint density at radius 3 is 2.56 bits per heavy atom. The highest BCUT2D eigenvalue weighted by Gasteiger charge is 2.27. The molecule has 2 aliphatic heterocycles. The van der Waals surface area contributed by atoms with E-state index in [1.165, 1.54) is 13.0 Å². The van der Waals surface area contributed by atoms with Crippen molar-refractivity contribution in [3.05, 3.63) is 0 Å². The van der Waals surface area contributed by atoms with Crippen LogP contribution in [0.4, 0.5) is 0 Å². The molecule has 0 radical (unpaired) electrons. The first-order valence-electron chi connectivity index (χ1n) is 6.53. The van der Waals surface area contributed by atoms with Crippen molar-refractivity contribution in [2.45, 2.75) is 32.2 Å². The van der Waals surface area contributed by atoms with Gasteiger partial charge in [-0.3, -0.25) is 4.79 Å². The number of nitrogens with one attached hydrogen (secondary N) is 2. The van der Waals surface area contributed by atoms with Gasteiger partial charge in [-0.25, -0.2) is 0 Å². The van der Waals surface area contributed by atoms with Gasteiger partial charge >= 0.3 is 0 Å². The molecular weight excluding hydrogens is 202 g/mol. The van der Waals surface area contributed by atoms with Crippen molar-refractivity contribution in [2.75, 3.05) is 32.7 Å². The third-order valence-corrected chi connectivity index (χ3v) is 3.63. The predicted octanol–water partition coefficient (Wildman–Crippen LogP) is 0.196. The second-order valence-electron chi connectivity index (χ2n) is 4.98. The topological polar surface area (TPSA) is 44.4 Å². The second kappa shape index (κ2) is 5.64. The zero-order valence-electron chi connectivity index (χ0n) is 10.2. The number of rotatable bonds is 4. The van der Waals surface area contributed by atoms with Crippen LogP contribution in [0.15, 0.2) is 0 Å². The molecule has 92 valence electrons. The molecule has 2 N–H and O–H groups in total. The monoisotopic (exact) mass is 225 g/mol. The summed E-state index contributed by atoms with van der Waals surface area (Å²) in [4.78, 5) is 14.2. The van der Waals surface area contributed by atoms with Crippen LogP contribution in [0.1, 0.15) is 26.2 Å². The van der Waals surface area contributed by atoms with Gasteiger partial charge in [0.1, 0.15) is 0 Å². The van der Waals surface area contributed by atoms with Crippen molar-refractivity contribution >= 4 is 5.91 Å². The van der Waals surface area contributed by atoms with E-state index >= 15 is 0 Å². The number of likely N-dealkylation sites (tertiary alicyclic amines) is 1. The first-order valence-corrected chi connectivity index (χ1v) is 6.53. The van der Waals surface area contributed by atoms with Gasteiger partial charge in [0.25, 0.3) is 0 Å². The number of carbonyl (C=O) groups is 1. The van der Waals surface area contributed by atoms with E-state index < -0.39 is 0 Å². The minimum absolute atomic E-state index is 0.230. The van der Waals surface area contributed by atoms with Crippen LogP contribution in [-0.2, 0) is 4.79 Å². The van der Waals surface area contributed by atoms with Crippen molar-refractivity contribution in [3.8, 4) is 0 Å². The van der Waals surface area contributed by atoms with Crippen LogP contribution in [0, 0.1) is 5.92 Å². The summed E-state index contributed by atoms with van der Waals surface area (Å²) in [6.45, 7) is 7.43. The van der Waals surface area contributed by atoms with E-state index in [1.54, 1.807) is 0 Å². The maximum Gasteiger partial charge on any atom is 0.225 e. The quantitative estimate of drug-likeness (QED) is 0.718. The molecule has 0 unspecified atom stereocenters. The van der Waals surface area contributed by atoms with E-state index in [4.69, 9.17) is 0 Å². The number of hydrogen-bond donors (Lipinski definition) is 2. The average Bonchev–Trinajstić information content (AvgIpc) is 2.18. The van der Waals surface area contributed by atoms with Crippen LogP contribution < -0.4 is 10.6 Å². The Labute approximate surface area is 97.8 Å². The number of nitrogens with zero attached hydrogens (tertiary/aromatic N) is 1. The van der Waals surface area contributed by atoms with Crippen molar-refractivity contribution < 1.29 is 4.79 Å². The molecule has 0 aliphatic carbocycles. The largest absolute Gasteiger partial charge is 0.353 e. The fourth-order valence-electron chi connectivity index (χ4n) is 2.41. The van der Waals surface area contributed by atoms with Crippen LogP contribution in [0.25, 0.3) is 0 Å². The smallest absolute Gasteiger partial charge is 0.225 e. The molecule has 0 spiro atoms. The summed E-state index contributed by atoms with van der Waals surface area (Å²) in [5.74, 6) is 0.487. The minimum Gasteiger partial charge on any atom is -0.353 e. The van der Waals surface area contributed by atoms with Gasteiger partial charge in [0.2, 0.25) is 5.91 Å². The summed E-state index contributed by atoms with van der Waals surface area (Å²) >= 11 is 0. The molecule has 2 saturated heterocycles. The van der Waals surface area contributed by atoms with Crippen molar-refractivity contribution in [1.82, 2.24) is 15.5 Å². The van der Waals surface area contributed by atoms with Gasteiger partial charge in [-0.15, -0.1) is 0 Å². The first kappa shape index (κ1) is 11.9. The zero-order chi connectivity index (χ0) is 11.4. The fourth-order valence-corrected chi connectivity index (χ4v) is 2.41. The van der Waals surface area contributed by atoms with E-state index in [0.717, 1.165) is 39.0 Å². The maximum atomic E-state index is 11.7. The highest BCUT2D eigenvalue weighted by Crippen LogP contribution is 2.12. The van der Waals surface area contributed by atoms with E-state index in [1.807, 2.05) is 0 Å². The van der Waals surface area contributed by atoms with Crippen molar-refractivity contribution in [2.24, 2.45) is 5.92 Å². The minimum atomic E-state index is 0.230. The third kappa shape index (κ3) is 2.95. The number of carbonyl (C=O) groups excluding carboxylic acids is 1. The summed E-state index contributed by atoms with van der Waals surface area (Å²) in [5, 5.41) is 6.31. The maximum absolute atomic E-state index is 11.7. The molecule has 0 aromatic carbocycles. The Kier molecular flexibility index (Phi) is 4.18. The Bertz CT molecular complexity index is 232. The Morgan fingerprint density at radius 1 is 1.38 bits per heavy atom. The van der Waals surface area contributed by atoms with Gasteiger partial charge in [-0.2, -0.15) is 0 Å². The average molecular weight is 225 g/mol. The highest BCUT2D eigenvalue weighted by atomic mass is 16.2. The van der Waals surface area contributed by atoms with Crippen LogP contribution in [0.2, 0.25) is 0 Å². The lowest BCUT2D eigenvalue weighted by molar-refractivity contribution is -0.127. The third-order valence-electron chi connectivity index (χ3n) is 3.63. The lowest BCUT2D eigenvalue weighted by atomic mass is 9.99. The van der Waals surface area contributed by atoms with Gasteiger partial charge in [0.05, 0.1) is 5.92 Å². The Balaban J connectivity index is 1.66. The summed E-state index contributed by atoms with van der Waals surface area (Å²) in [5.41, 5.74) is 0. The molecule has 2 rings (SSSR count). The number of amides is 1. The van der Waals surface area contributed by atoms with Gasteiger partial charge in [-0.05, 0) is 25.8 Å². The van der Waals surface area contributed by atoms with Crippen LogP contribution in [0.5, 0.6) is 0 Å². The lowest BCUT2D eigenvalue weighted by Crippen LogP contribution is -2.54.